The first-order valence-electron chi connectivity index (χ1n) is 8.37. The average molecular weight is 337 g/mol. The maximum Gasteiger partial charge on any atom is 0.317 e. The number of methoxy groups -OCH3 is 1. The molecule has 1 aromatic carbocycles. The summed E-state index contributed by atoms with van der Waals surface area (Å²) in [4.78, 5) is 15.4. The third kappa shape index (κ3) is 6.07. The normalized spacial score (nSPS) is 17.1. The second-order valence-corrected chi connectivity index (χ2v) is 7.56. The first-order chi connectivity index (χ1) is 11.1. The Morgan fingerprint density at radius 3 is 2.83 bits per heavy atom. The van der Waals surface area contributed by atoms with Crippen LogP contribution in [0.5, 0.6) is 0 Å². The van der Waals surface area contributed by atoms with Gasteiger partial charge in [0.15, 0.2) is 0 Å². The molecular weight excluding hydrogens is 308 g/mol. The van der Waals surface area contributed by atoms with Gasteiger partial charge in [-0.15, -0.1) is 11.8 Å². The fourth-order valence-corrected chi connectivity index (χ4v) is 3.91. The maximum atomic E-state index is 12.1. The highest BCUT2D eigenvalue weighted by Crippen LogP contribution is 2.30. The van der Waals surface area contributed by atoms with Crippen LogP contribution < -0.4 is 5.32 Å². The number of hydrogen-bond donors (Lipinski definition) is 1. The Balaban J connectivity index is 1.70. The van der Waals surface area contributed by atoms with Crippen LogP contribution in [0, 0.1) is 6.92 Å². The van der Waals surface area contributed by atoms with Crippen molar-refractivity contribution in [1.82, 2.24) is 10.2 Å². The third-order valence-corrected chi connectivity index (χ3v) is 5.58. The van der Waals surface area contributed by atoms with E-state index in [0.29, 0.717) is 11.8 Å². The quantitative estimate of drug-likeness (QED) is 0.861. The number of nitrogens with zero attached hydrogens (tertiary/aromatic N) is 1. The number of carbonyl (C=O) groups excluding carboxylic acids is 1. The number of aryl methyl sites for hydroxylation is 1. The number of likely N-dealkylation sites (tertiary alicyclic amines) is 1. The number of nitrogens with one attached hydrogen (secondary N) is 1. The minimum atomic E-state index is 0.0623. The van der Waals surface area contributed by atoms with Gasteiger partial charge in [-0.1, -0.05) is 17.7 Å². The molecule has 128 valence electrons. The molecule has 4 nitrogen and oxygen atoms in total. The van der Waals surface area contributed by atoms with Crippen molar-refractivity contribution in [2.45, 2.75) is 49.4 Å². The molecule has 0 bridgehead atoms. The number of thioether (sulfide) groups is 1. The van der Waals surface area contributed by atoms with E-state index in [9.17, 15) is 4.79 Å². The molecule has 1 aromatic rings. The molecule has 1 aliphatic rings. The Labute approximate surface area is 144 Å². The molecule has 1 heterocycles. The summed E-state index contributed by atoms with van der Waals surface area (Å²) in [7, 11) is 1.70. The topological polar surface area (TPSA) is 41.6 Å². The summed E-state index contributed by atoms with van der Waals surface area (Å²) < 4.78 is 5.19. The highest BCUT2D eigenvalue weighted by Gasteiger charge is 2.23. The van der Waals surface area contributed by atoms with Gasteiger partial charge in [0.05, 0.1) is 6.10 Å². The van der Waals surface area contributed by atoms with Crippen LogP contribution in [0.4, 0.5) is 4.79 Å². The molecule has 0 unspecified atom stereocenters. The van der Waals surface area contributed by atoms with Crippen molar-refractivity contribution >= 4 is 17.8 Å². The van der Waals surface area contributed by atoms with E-state index in [4.69, 9.17) is 4.74 Å². The summed E-state index contributed by atoms with van der Waals surface area (Å²) in [6, 6.07) is 8.71. The number of ether oxygens (including phenoxy) is 1. The number of urea groups is 1. The van der Waals surface area contributed by atoms with E-state index in [-0.39, 0.29) is 12.1 Å². The number of rotatable bonds is 6. The second kappa shape index (κ2) is 9.18. The van der Waals surface area contributed by atoms with Gasteiger partial charge in [-0.3, -0.25) is 0 Å². The first-order valence-corrected chi connectivity index (χ1v) is 9.25. The minimum Gasteiger partial charge on any atom is -0.382 e. The van der Waals surface area contributed by atoms with E-state index in [1.165, 1.54) is 10.5 Å². The molecule has 0 aromatic heterocycles. The molecule has 1 saturated heterocycles. The summed E-state index contributed by atoms with van der Waals surface area (Å²) in [5.74, 6) is 0. The van der Waals surface area contributed by atoms with Gasteiger partial charge >= 0.3 is 6.03 Å². The standard InChI is InChI=1S/C18H28N2O2S/c1-14-5-4-6-17(13-14)23-16-8-11-20(12-9-16)18(21)19-10-7-15(2)22-3/h4-6,13,15-16H,7-12H2,1-3H3,(H,19,21)/t15-/m1/s1. The Bertz CT molecular complexity index is 502. The predicted octanol–water partition coefficient (Wildman–Crippen LogP) is 3.69. The van der Waals surface area contributed by atoms with Gasteiger partial charge in [-0.05, 0) is 45.2 Å². The lowest BCUT2D eigenvalue weighted by molar-refractivity contribution is 0.110. The highest BCUT2D eigenvalue weighted by molar-refractivity contribution is 8.00. The van der Waals surface area contributed by atoms with Crippen molar-refractivity contribution in [2.24, 2.45) is 0 Å². The molecule has 2 amide bonds. The van der Waals surface area contributed by atoms with Gasteiger partial charge in [0, 0.05) is 36.9 Å². The molecule has 0 radical (unpaired) electrons. The van der Waals surface area contributed by atoms with Crippen molar-refractivity contribution in [3.63, 3.8) is 0 Å². The summed E-state index contributed by atoms with van der Waals surface area (Å²) >= 11 is 1.94. The molecule has 2 rings (SSSR count). The van der Waals surface area contributed by atoms with Gasteiger partial charge in [-0.2, -0.15) is 0 Å². The number of amides is 2. The zero-order valence-corrected chi connectivity index (χ0v) is 15.2. The first kappa shape index (κ1) is 18.1. The minimum absolute atomic E-state index is 0.0623. The van der Waals surface area contributed by atoms with Crippen molar-refractivity contribution in [3.05, 3.63) is 29.8 Å². The summed E-state index contributed by atoms with van der Waals surface area (Å²) in [5, 5.41) is 3.60. The van der Waals surface area contributed by atoms with E-state index >= 15 is 0 Å². The molecule has 23 heavy (non-hydrogen) atoms. The smallest absolute Gasteiger partial charge is 0.317 e. The molecular formula is C18H28N2O2S. The molecule has 1 atom stereocenters. The summed E-state index contributed by atoms with van der Waals surface area (Å²) in [6.07, 6.45) is 3.15. The van der Waals surface area contributed by atoms with Gasteiger partial charge in [0.1, 0.15) is 0 Å². The Morgan fingerprint density at radius 2 is 2.17 bits per heavy atom. The Kier molecular flexibility index (Phi) is 7.24. The number of carbonyl (C=O) groups is 1. The number of piperidine rings is 1. The molecule has 0 spiro atoms. The molecule has 1 N–H and O–H groups in total. The molecule has 0 saturated carbocycles. The maximum absolute atomic E-state index is 12.1. The number of benzene rings is 1. The average Bonchev–Trinajstić information content (AvgIpc) is 2.55. The van der Waals surface area contributed by atoms with Crippen LogP contribution in [0.1, 0.15) is 31.7 Å². The van der Waals surface area contributed by atoms with Crippen molar-refractivity contribution < 1.29 is 9.53 Å². The second-order valence-electron chi connectivity index (χ2n) is 6.19. The van der Waals surface area contributed by atoms with E-state index < -0.39 is 0 Å². The number of hydrogen-bond acceptors (Lipinski definition) is 3. The third-order valence-electron chi connectivity index (χ3n) is 4.25. The SMILES string of the molecule is CO[C@H](C)CCNC(=O)N1CCC(Sc2cccc(C)c2)CC1. The van der Waals surface area contributed by atoms with E-state index in [1.54, 1.807) is 7.11 Å². The lowest BCUT2D eigenvalue weighted by Crippen LogP contribution is -2.45. The Hall–Kier alpha value is -1.20. The predicted molar refractivity (Wildman–Crippen MR) is 96.1 cm³/mol. The molecule has 5 heteroatoms. The van der Waals surface area contributed by atoms with Crippen molar-refractivity contribution in [2.75, 3.05) is 26.7 Å². The molecule has 0 aliphatic carbocycles. The van der Waals surface area contributed by atoms with Gasteiger partial charge in [0.25, 0.3) is 0 Å². The fourth-order valence-electron chi connectivity index (χ4n) is 2.67. The zero-order chi connectivity index (χ0) is 16.7. The van der Waals surface area contributed by atoms with Gasteiger partial charge < -0.3 is 15.0 Å². The fraction of sp³-hybridized carbons (Fsp3) is 0.611. The van der Waals surface area contributed by atoms with E-state index in [0.717, 1.165) is 32.4 Å². The van der Waals surface area contributed by atoms with Crippen LogP contribution in [-0.2, 0) is 4.74 Å². The largest absolute Gasteiger partial charge is 0.382 e. The van der Waals surface area contributed by atoms with Gasteiger partial charge in [-0.25, -0.2) is 4.79 Å². The lowest BCUT2D eigenvalue weighted by atomic mass is 10.1. The van der Waals surface area contributed by atoms with Crippen LogP contribution in [0.3, 0.4) is 0 Å². The van der Waals surface area contributed by atoms with Crippen LogP contribution in [0.2, 0.25) is 0 Å². The monoisotopic (exact) mass is 336 g/mol. The van der Waals surface area contributed by atoms with Crippen LogP contribution >= 0.6 is 11.8 Å². The van der Waals surface area contributed by atoms with Crippen molar-refractivity contribution in [3.8, 4) is 0 Å². The molecule has 1 aliphatic heterocycles. The Morgan fingerprint density at radius 1 is 1.43 bits per heavy atom. The van der Waals surface area contributed by atoms with Crippen molar-refractivity contribution in [1.29, 1.82) is 0 Å². The summed E-state index contributed by atoms with van der Waals surface area (Å²) in [6.45, 7) is 6.50. The van der Waals surface area contributed by atoms with Crippen LogP contribution in [-0.4, -0.2) is 49.0 Å². The van der Waals surface area contributed by atoms with E-state index in [1.807, 2.05) is 23.6 Å². The molecule has 1 fully saturated rings. The summed E-state index contributed by atoms with van der Waals surface area (Å²) in [5.41, 5.74) is 1.30. The van der Waals surface area contributed by atoms with E-state index in [2.05, 4.69) is 36.5 Å². The van der Waals surface area contributed by atoms with Crippen LogP contribution in [0.25, 0.3) is 0 Å². The van der Waals surface area contributed by atoms with Crippen LogP contribution in [0.15, 0.2) is 29.2 Å². The zero-order valence-electron chi connectivity index (χ0n) is 14.4. The lowest BCUT2D eigenvalue weighted by Gasteiger charge is -2.31. The highest BCUT2D eigenvalue weighted by atomic mass is 32.2. The van der Waals surface area contributed by atoms with Gasteiger partial charge in [0.2, 0.25) is 0 Å².